The average molecular weight is 369 g/mol. The molecule has 1 amide bonds. The molecule has 140 valence electrons. The van der Waals surface area contributed by atoms with Crippen LogP contribution >= 0.6 is 0 Å². The van der Waals surface area contributed by atoms with E-state index in [1.165, 1.54) is 29.6 Å². The van der Waals surface area contributed by atoms with Crippen LogP contribution < -0.4 is 15.4 Å². The Kier molecular flexibility index (Phi) is 7.22. The number of methoxy groups -OCH3 is 1. The largest absolute Gasteiger partial charge is 0.496 e. The number of carbonyl (C=O) groups is 1. The molecular formula is C17H27N3O4S. The molecule has 0 saturated carbocycles. The van der Waals surface area contributed by atoms with E-state index in [1.54, 1.807) is 7.05 Å². The monoisotopic (exact) mass is 369 g/mol. The highest BCUT2D eigenvalue weighted by atomic mass is 32.2. The van der Waals surface area contributed by atoms with Gasteiger partial charge in [0, 0.05) is 26.2 Å². The molecule has 0 atom stereocenters. The summed E-state index contributed by atoms with van der Waals surface area (Å²) in [6.07, 6.45) is 3.83. The van der Waals surface area contributed by atoms with E-state index in [9.17, 15) is 13.2 Å². The first kappa shape index (κ1) is 19.7. The molecule has 0 unspecified atom stereocenters. The van der Waals surface area contributed by atoms with Gasteiger partial charge in [0.25, 0.3) is 5.91 Å². The summed E-state index contributed by atoms with van der Waals surface area (Å²) in [7, 11) is -0.352. The van der Waals surface area contributed by atoms with E-state index in [0.717, 1.165) is 25.7 Å². The standard InChI is InChI=1S/C17H27N3O4S/c1-18-9-10-19-17(21)15-13-14(7-8-16(15)24-2)25(22,23)20-11-5-3-4-6-12-20/h7-8,13,18H,3-6,9-12H2,1-2H3,(H,19,21). The van der Waals surface area contributed by atoms with E-state index in [2.05, 4.69) is 10.6 Å². The number of amides is 1. The molecule has 0 aromatic heterocycles. The highest BCUT2D eigenvalue weighted by molar-refractivity contribution is 7.89. The van der Waals surface area contributed by atoms with Crippen LogP contribution in [0.2, 0.25) is 0 Å². The van der Waals surface area contributed by atoms with Gasteiger partial charge >= 0.3 is 0 Å². The Hall–Kier alpha value is -1.64. The fourth-order valence-corrected chi connectivity index (χ4v) is 4.40. The van der Waals surface area contributed by atoms with E-state index in [0.29, 0.717) is 31.9 Å². The molecule has 1 aromatic rings. The van der Waals surface area contributed by atoms with E-state index in [4.69, 9.17) is 4.74 Å². The van der Waals surface area contributed by atoms with Gasteiger partial charge in [-0.25, -0.2) is 8.42 Å². The zero-order valence-corrected chi connectivity index (χ0v) is 15.7. The molecule has 1 fully saturated rings. The average Bonchev–Trinajstić information content (AvgIpc) is 2.91. The smallest absolute Gasteiger partial charge is 0.255 e. The van der Waals surface area contributed by atoms with Crippen molar-refractivity contribution < 1.29 is 17.9 Å². The van der Waals surface area contributed by atoms with Crippen molar-refractivity contribution >= 4 is 15.9 Å². The number of nitrogens with one attached hydrogen (secondary N) is 2. The maximum atomic E-state index is 12.9. The Balaban J connectivity index is 2.29. The van der Waals surface area contributed by atoms with E-state index < -0.39 is 10.0 Å². The first-order valence-corrected chi connectivity index (χ1v) is 10.1. The van der Waals surface area contributed by atoms with Crippen molar-refractivity contribution in [3.63, 3.8) is 0 Å². The van der Waals surface area contributed by atoms with Gasteiger partial charge in [0.05, 0.1) is 17.6 Å². The number of hydrogen-bond donors (Lipinski definition) is 2. The maximum Gasteiger partial charge on any atom is 0.255 e. The third kappa shape index (κ3) is 4.93. The SMILES string of the molecule is CNCCNC(=O)c1cc(S(=O)(=O)N2CCCCCC2)ccc1OC. The normalized spacial score (nSPS) is 16.2. The highest BCUT2D eigenvalue weighted by Gasteiger charge is 2.27. The van der Waals surface area contributed by atoms with E-state index >= 15 is 0 Å². The maximum absolute atomic E-state index is 12.9. The van der Waals surface area contributed by atoms with Gasteiger partial charge in [-0.3, -0.25) is 4.79 Å². The van der Waals surface area contributed by atoms with Crippen molar-refractivity contribution in [2.24, 2.45) is 0 Å². The van der Waals surface area contributed by atoms with Crippen LogP contribution in [0.5, 0.6) is 5.75 Å². The Bertz CT molecular complexity index is 683. The number of carbonyl (C=O) groups excluding carboxylic acids is 1. The summed E-state index contributed by atoms with van der Waals surface area (Å²) in [5.41, 5.74) is 0.231. The van der Waals surface area contributed by atoms with Gasteiger partial charge in [-0.2, -0.15) is 4.31 Å². The summed E-state index contributed by atoms with van der Waals surface area (Å²) in [5.74, 6) is 0.0109. The molecule has 0 bridgehead atoms. The van der Waals surface area contributed by atoms with Crippen LogP contribution in [0.3, 0.4) is 0 Å². The topological polar surface area (TPSA) is 87.7 Å². The molecule has 2 rings (SSSR count). The minimum absolute atomic E-state index is 0.133. The van der Waals surface area contributed by atoms with Gasteiger partial charge in [-0.1, -0.05) is 12.8 Å². The van der Waals surface area contributed by atoms with Gasteiger partial charge in [0.2, 0.25) is 10.0 Å². The molecule has 1 aromatic carbocycles. The fourth-order valence-electron chi connectivity index (χ4n) is 2.85. The second-order valence-corrected chi connectivity index (χ2v) is 7.98. The van der Waals surface area contributed by atoms with Crippen LogP contribution in [0, 0.1) is 0 Å². The summed E-state index contributed by atoms with van der Waals surface area (Å²) in [5, 5.41) is 5.69. The molecule has 8 heteroatoms. The number of nitrogens with zero attached hydrogens (tertiary/aromatic N) is 1. The van der Waals surface area contributed by atoms with Crippen LogP contribution in [0.15, 0.2) is 23.1 Å². The zero-order chi connectivity index (χ0) is 18.3. The van der Waals surface area contributed by atoms with Crippen molar-refractivity contribution in [3.05, 3.63) is 23.8 Å². The predicted molar refractivity (Wildman–Crippen MR) is 96.5 cm³/mol. The van der Waals surface area contributed by atoms with Crippen molar-refractivity contribution in [2.45, 2.75) is 30.6 Å². The summed E-state index contributed by atoms with van der Waals surface area (Å²) in [4.78, 5) is 12.5. The summed E-state index contributed by atoms with van der Waals surface area (Å²) in [6, 6.07) is 4.45. The third-order valence-electron chi connectivity index (χ3n) is 4.28. The van der Waals surface area contributed by atoms with Crippen molar-refractivity contribution in [3.8, 4) is 5.75 Å². The molecule has 1 aliphatic rings. The Morgan fingerprint density at radius 2 is 1.84 bits per heavy atom. The molecule has 0 aliphatic carbocycles. The lowest BCUT2D eigenvalue weighted by molar-refractivity contribution is 0.0951. The summed E-state index contributed by atoms with van der Waals surface area (Å²) >= 11 is 0. The zero-order valence-electron chi connectivity index (χ0n) is 14.9. The molecule has 1 aliphatic heterocycles. The number of rotatable bonds is 7. The minimum Gasteiger partial charge on any atom is -0.496 e. The van der Waals surface area contributed by atoms with Crippen LogP contribution in [-0.2, 0) is 10.0 Å². The van der Waals surface area contributed by atoms with Gasteiger partial charge < -0.3 is 15.4 Å². The van der Waals surface area contributed by atoms with Gasteiger partial charge in [0.15, 0.2) is 0 Å². The summed E-state index contributed by atoms with van der Waals surface area (Å²) in [6.45, 7) is 2.12. The second-order valence-electron chi connectivity index (χ2n) is 6.04. The quantitative estimate of drug-likeness (QED) is 0.706. The number of ether oxygens (including phenoxy) is 1. The van der Waals surface area contributed by atoms with Crippen LogP contribution in [0.4, 0.5) is 0 Å². The Morgan fingerprint density at radius 3 is 2.44 bits per heavy atom. The lowest BCUT2D eigenvalue weighted by atomic mass is 10.2. The molecule has 25 heavy (non-hydrogen) atoms. The van der Waals surface area contributed by atoms with Crippen LogP contribution in [0.25, 0.3) is 0 Å². The Morgan fingerprint density at radius 1 is 1.16 bits per heavy atom. The number of hydrogen-bond acceptors (Lipinski definition) is 5. The highest BCUT2D eigenvalue weighted by Crippen LogP contribution is 2.26. The molecule has 0 radical (unpaired) electrons. The lowest BCUT2D eigenvalue weighted by Gasteiger charge is -2.20. The van der Waals surface area contributed by atoms with E-state index in [-0.39, 0.29) is 16.4 Å². The molecule has 2 N–H and O–H groups in total. The van der Waals surface area contributed by atoms with Gasteiger partial charge in [-0.15, -0.1) is 0 Å². The molecule has 1 heterocycles. The predicted octanol–water partition coefficient (Wildman–Crippen LogP) is 1.21. The van der Waals surface area contributed by atoms with Crippen LogP contribution in [0.1, 0.15) is 36.0 Å². The van der Waals surface area contributed by atoms with Crippen molar-refractivity contribution in [1.82, 2.24) is 14.9 Å². The number of benzene rings is 1. The number of sulfonamides is 1. The van der Waals surface area contributed by atoms with E-state index in [1.807, 2.05) is 0 Å². The van der Waals surface area contributed by atoms with Crippen molar-refractivity contribution in [1.29, 1.82) is 0 Å². The minimum atomic E-state index is -3.61. The molecule has 0 spiro atoms. The lowest BCUT2D eigenvalue weighted by Crippen LogP contribution is -2.33. The Labute approximate surface area is 149 Å². The molecular weight excluding hydrogens is 342 g/mol. The first-order chi connectivity index (χ1) is 12.0. The van der Waals surface area contributed by atoms with Crippen LogP contribution in [-0.4, -0.2) is 59.0 Å². The summed E-state index contributed by atoms with van der Waals surface area (Å²) < 4.78 is 32.6. The first-order valence-electron chi connectivity index (χ1n) is 8.61. The van der Waals surface area contributed by atoms with Gasteiger partial charge in [-0.05, 0) is 38.1 Å². The second kappa shape index (κ2) is 9.17. The number of likely N-dealkylation sites (N-methyl/N-ethyl adjacent to an activating group) is 1. The van der Waals surface area contributed by atoms with Gasteiger partial charge in [0.1, 0.15) is 5.75 Å². The van der Waals surface area contributed by atoms with Crippen molar-refractivity contribution in [2.75, 3.05) is 40.3 Å². The third-order valence-corrected chi connectivity index (χ3v) is 6.17. The molecule has 7 nitrogen and oxygen atoms in total. The molecule has 1 saturated heterocycles. The fraction of sp³-hybridized carbons (Fsp3) is 0.588.